The van der Waals surface area contributed by atoms with Crippen molar-refractivity contribution in [3.05, 3.63) is 0 Å². The van der Waals surface area contributed by atoms with Gasteiger partial charge in [-0.25, -0.2) is 0 Å². The van der Waals surface area contributed by atoms with Crippen LogP contribution in [0, 0.1) is 5.41 Å². The lowest BCUT2D eigenvalue weighted by molar-refractivity contribution is -0.148. The molecule has 7 heteroatoms. The van der Waals surface area contributed by atoms with E-state index < -0.39 is 5.41 Å². The van der Waals surface area contributed by atoms with Crippen molar-refractivity contribution in [1.82, 2.24) is 15.1 Å². The smallest absolute Gasteiger partial charge is 0.229 e. The summed E-state index contributed by atoms with van der Waals surface area (Å²) in [5.74, 6) is 0.252. The lowest BCUT2D eigenvalue weighted by Gasteiger charge is -2.35. The molecule has 1 aliphatic carbocycles. The first kappa shape index (κ1) is 20.2. The lowest BCUT2D eigenvalue weighted by atomic mass is 9.80. The molecule has 0 aromatic heterocycles. The van der Waals surface area contributed by atoms with Gasteiger partial charge in [0.2, 0.25) is 11.8 Å². The van der Waals surface area contributed by atoms with Crippen LogP contribution in [0.5, 0.6) is 0 Å². The van der Waals surface area contributed by atoms with Gasteiger partial charge < -0.3 is 19.9 Å². The second-order valence-corrected chi connectivity index (χ2v) is 6.49. The molecule has 0 unspecified atom stereocenters. The van der Waals surface area contributed by atoms with Gasteiger partial charge in [-0.2, -0.15) is 0 Å². The normalized spacial score (nSPS) is 20.0. The summed E-state index contributed by atoms with van der Waals surface area (Å²) in [5, 5.41) is 3.07. The summed E-state index contributed by atoms with van der Waals surface area (Å²) in [6, 6.07) is 0. The number of nitrogens with zero attached hydrogens (tertiary/aromatic N) is 2. The van der Waals surface area contributed by atoms with Crippen molar-refractivity contribution in [2.75, 3.05) is 53.5 Å². The van der Waals surface area contributed by atoms with E-state index in [-0.39, 0.29) is 24.2 Å². The van der Waals surface area contributed by atoms with Gasteiger partial charge in [0, 0.05) is 39.6 Å². The van der Waals surface area contributed by atoms with Gasteiger partial charge in [-0.15, -0.1) is 12.4 Å². The van der Waals surface area contributed by atoms with Gasteiger partial charge in [0.25, 0.3) is 0 Å². The second kappa shape index (κ2) is 9.45. The minimum Gasteiger partial charge on any atom is -0.378 e. The molecule has 1 saturated heterocycles. The molecule has 2 rings (SSSR count). The summed E-state index contributed by atoms with van der Waals surface area (Å²) >= 11 is 0. The van der Waals surface area contributed by atoms with E-state index in [0.29, 0.717) is 39.3 Å². The number of likely N-dealkylation sites (N-methyl/N-ethyl adjacent to an activating group) is 2. The molecular formula is C16H30ClN3O3. The number of halogens is 1. The number of carbonyl (C=O) groups excluding carboxylic acids is 2. The third-order valence-electron chi connectivity index (χ3n) is 4.91. The van der Waals surface area contributed by atoms with Crippen LogP contribution >= 0.6 is 12.4 Å². The number of hydrogen-bond donors (Lipinski definition) is 1. The summed E-state index contributed by atoms with van der Waals surface area (Å²) in [6.07, 6.45) is 4.12. The van der Waals surface area contributed by atoms with Crippen molar-refractivity contribution in [3.63, 3.8) is 0 Å². The number of ether oxygens (including phenoxy) is 1. The predicted molar refractivity (Wildman–Crippen MR) is 91.7 cm³/mol. The molecule has 134 valence electrons. The van der Waals surface area contributed by atoms with E-state index in [1.807, 2.05) is 19.0 Å². The molecule has 0 spiro atoms. The van der Waals surface area contributed by atoms with E-state index in [2.05, 4.69) is 5.32 Å². The van der Waals surface area contributed by atoms with Crippen LogP contribution < -0.4 is 5.32 Å². The van der Waals surface area contributed by atoms with Crippen LogP contribution in [0.1, 0.15) is 32.1 Å². The maximum absolute atomic E-state index is 12.9. The number of rotatable bonds is 6. The summed E-state index contributed by atoms with van der Waals surface area (Å²) in [6.45, 7) is 3.97. The minimum absolute atomic E-state index is 0. The van der Waals surface area contributed by atoms with E-state index in [9.17, 15) is 9.59 Å². The predicted octanol–water partition coefficient (Wildman–Crippen LogP) is 0.895. The Morgan fingerprint density at radius 3 is 2.39 bits per heavy atom. The van der Waals surface area contributed by atoms with Gasteiger partial charge >= 0.3 is 0 Å². The van der Waals surface area contributed by atoms with Crippen LogP contribution in [0.3, 0.4) is 0 Å². The van der Waals surface area contributed by atoms with Crippen molar-refractivity contribution in [1.29, 1.82) is 0 Å². The van der Waals surface area contributed by atoms with Crippen LogP contribution in [0.15, 0.2) is 0 Å². The zero-order chi connectivity index (χ0) is 16.0. The number of nitrogens with one attached hydrogen (secondary N) is 1. The minimum atomic E-state index is -0.474. The van der Waals surface area contributed by atoms with Crippen molar-refractivity contribution in [3.8, 4) is 0 Å². The SMILES string of the molecule is CNCCN(C)C(=O)C1(CC(=O)N2CCOCC2)CCCC1.Cl. The van der Waals surface area contributed by atoms with Gasteiger partial charge in [-0.05, 0) is 19.9 Å². The molecule has 0 aromatic carbocycles. The van der Waals surface area contributed by atoms with E-state index in [0.717, 1.165) is 32.2 Å². The quantitative estimate of drug-likeness (QED) is 0.775. The van der Waals surface area contributed by atoms with Crippen molar-refractivity contribution < 1.29 is 14.3 Å². The standard InChI is InChI=1S/C16H29N3O3.ClH/c1-17-7-8-18(2)15(21)16(5-3-4-6-16)13-14(20)19-9-11-22-12-10-19;/h17H,3-13H2,1-2H3;1H. The highest BCUT2D eigenvalue weighted by atomic mass is 35.5. The highest BCUT2D eigenvalue weighted by Gasteiger charge is 2.44. The van der Waals surface area contributed by atoms with Gasteiger partial charge in [0.1, 0.15) is 0 Å². The summed E-state index contributed by atoms with van der Waals surface area (Å²) in [7, 11) is 3.73. The van der Waals surface area contributed by atoms with Gasteiger partial charge in [-0.1, -0.05) is 12.8 Å². The second-order valence-electron chi connectivity index (χ2n) is 6.49. The number of morpholine rings is 1. The molecule has 23 heavy (non-hydrogen) atoms. The molecule has 2 fully saturated rings. The molecule has 0 atom stereocenters. The largest absolute Gasteiger partial charge is 0.378 e. The van der Waals surface area contributed by atoms with Crippen molar-refractivity contribution >= 4 is 24.2 Å². The Morgan fingerprint density at radius 2 is 1.83 bits per heavy atom. The Morgan fingerprint density at radius 1 is 1.22 bits per heavy atom. The monoisotopic (exact) mass is 347 g/mol. The van der Waals surface area contributed by atoms with E-state index >= 15 is 0 Å². The lowest BCUT2D eigenvalue weighted by Crippen LogP contribution is -2.47. The Hall–Kier alpha value is -0.850. The number of amides is 2. The van der Waals surface area contributed by atoms with E-state index in [4.69, 9.17) is 4.74 Å². The summed E-state index contributed by atoms with van der Waals surface area (Å²) < 4.78 is 5.30. The van der Waals surface area contributed by atoms with Crippen molar-refractivity contribution in [2.24, 2.45) is 5.41 Å². The molecule has 2 amide bonds. The van der Waals surface area contributed by atoms with Crippen LogP contribution in [0.25, 0.3) is 0 Å². The fraction of sp³-hybridized carbons (Fsp3) is 0.875. The number of hydrogen-bond acceptors (Lipinski definition) is 4. The fourth-order valence-electron chi connectivity index (χ4n) is 3.52. The highest BCUT2D eigenvalue weighted by molar-refractivity contribution is 5.89. The molecule has 2 aliphatic rings. The third-order valence-corrected chi connectivity index (χ3v) is 4.91. The average molecular weight is 348 g/mol. The van der Waals surface area contributed by atoms with Crippen LogP contribution in [0.2, 0.25) is 0 Å². The van der Waals surface area contributed by atoms with Crippen LogP contribution in [-0.2, 0) is 14.3 Å². The Kier molecular flexibility index (Phi) is 8.29. The summed E-state index contributed by atoms with van der Waals surface area (Å²) in [4.78, 5) is 29.1. The van der Waals surface area contributed by atoms with E-state index in [1.54, 1.807) is 4.90 Å². The van der Waals surface area contributed by atoms with Crippen LogP contribution in [-0.4, -0.2) is 75.1 Å². The highest BCUT2D eigenvalue weighted by Crippen LogP contribution is 2.43. The molecule has 0 bridgehead atoms. The molecule has 6 nitrogen and oxygen atoms in total. The Balaban J connectivity index is 0.00000264. The molecular weight excluding hydrogens is 318 g/mol. The summed E-state index contributed by atoms with van der Waals surface area (Å²) in [5.41, 5.74) is -0.474. The fourth-order valence-corrected chi connectivity index (χ4v) is 3.52. The zero-order valence-electron chi connectivity index (χ0n) is 14.3. The van der Waals surface area contributed by atoms with Crippen LogP contribution in [0.4, 0.5) is 0 Å². The first-order valence-corrected chi connectivity index (χ1v) is 8.35. The molecule has 0 radical (unpaired) electrons. The van der Waals surface area contributed by atoms with Gasteiger partial charge in [0.05, 0.1) is 18.6 Å². The maximum Gasteiger partial charge on any atom is 0.229 e. The molecule has 1 aliphatic heterocycles. The Bertz CT molecular complexity index is 394. The van der Waals surface area contributed by atoms with Gasteiger partial charge in [0.15, 0.2) is 0 Å². The maximum atomic E-state index is 12.9. The van der Waals surface area contributed by atoms with Crippen molar-refractivity contribution in [2.45, 2.75) is 32.1 Å². The zero-order valence-corrected chi connectivity index (χ0v) is 15.1. The molecule has 1 N–H and O–H groups in total. The number of carbonyl (C=O) groups is 2. The first-order chi connectivity index (χ1) is 10.6. The first-order valence-electron chi connectivity index (χ1n) is 8.35. The Labute approximate surface area is 145 Å². The van der Waals surface area contributed by atoms with E-state index in [1.165, 1.54) is 0 Å². The average Bonchev–Trinajstić information content (AvgIpc) is 3.02. The topological polar surface area (TPSA) is 61.9 Å². The molecule has 1 heterocycles. The third kappa shape index (κ3) is 5.06. The van der Waals surface area contributed by atoms with Gasteiger partial charge in [-0.3, -0.25) is 9.59 Å². The molecule has 1 saturated carbocycles. The molecule has 0 aromatic rings.